The maximum absolute atomic E-state index is 9.96. The molecule has 0 saturated carbocycles. The summed E-state index contributed by atoms with van der Waals surface area (Å²) in [4.78, 5) is 13.7. The molecule has 0 amide bonds. The van der Waals surface area contributed by atoms with E-state index in [1.807, 2.05) is 18.2 Å². The van der Waals surface area contributed by atoms with Crippen LogP contribution < -0.4 is 14.8 Å². The van der Waals surface area contributed by atoms with Crippen molar-refractivity contribution in [1.29, 1.82) is 0 Å². The third kappa shape index (κ3) is 5.82. The summed E-state index contributed by atoms with van der Waals surface area (Å²) in [6, 6.07) is 9.97. The summed E-state index contributed by atoms with van der Waals surface area (Å²) in [6.07, 6.45) is 7.35. The highest BCUT2D eigenvalue weighted by Gasteiger charge is 2.20. The number of fused-ring (bicyclic) bond motifs is 1. The lowest BCUT2D eigenvalue weighted by atomic mass is 10.0. The number of pyridine rings is 2. The number of hydrogen-bond donors (Lipinski definition) is 2. The van der Waals surface area contributed by atoms with Gasteiger partial charge in [0.05, 0.1) is 24.9 Å². The average Bonchev–Trinajstić information content (AvgIpc) is 3.41. The van der Waals surface area contributed by atoms with E-state index in [9.17, 15) is 5.11 Å². The van der Waals surface area contributed by atoms with Crippen LogP contribution in [0.15, 0.2) is 36.5 Å². The minimum atomic E-state index is -0.0176. The van der Waals surface area contributed by atoms with Crippen molar-refractivity contribution in [2.24, 2.45) is 0 Å². The minimum absolute atomic E-state index is 0.0176. The van der Waals surface area contributed by atoms with Crippen LogP contribution in [0.5, 0.6) is 17.4 Å². The quantitative estimate of drug-likeness (QED) is 0.427. The Labute approximate surface area is 213 Å². The molecule has 4 heterocycles. The van der Waals surface area contributed by atoms with Crippen LogP contribution in [-0.2, 0) is 0 Å². The summed E-state index contributed by atoms with van der Waals surface area (Å²) in [5.74, 6) is 1.40. The monoisotopic (exact) mass is 491 g/mol. The molecule has 2 aromatic heterocycles. The average molecular weight is 492 g/mol. The second-order valence-electron chi connectivity index (χ2n) is 9.95. The molecule has 2 saturated heterocycles. The Morgan fingerprint density at radius 2 is 1.86 bits per heavy atom. The van der Waals surface area contributed by atoms with Gasteiger partial charge in [-0.1, -0.05) is 0 Å². The van der Waals surface area contributed by atoms with Crippen LogP contribution in [0.25, 0.3) is 22.2 Å². The van der Waals surface area contributed by atoms with Gasteiger partial charge in [-0.15, -0.1) is 0 Å². The first kappa shape index (κ1) is 24.6. The number of piperidine rings is 1. The van der Waals surface area contributed by atoms with Crippen molar-refractivity contribution < 1.29 is 14.6 Å². The number of nitrogens with zero attached hydrogens (tertiary/aromatic N) is 4. The van der Waals surface area contributed by atoms with Gasteiger partial charge in [0, 0.05) is 47.6 Å². The lowest BCUT2D eigenvalue weighted by Crippen LogP contribution is -2.36. The molecule has 2 aliphatic heterocycles. The van der Waals surface area contributed by atoms with Crippen LogP contribution in [-0.4, -0.2) is 84.4 Å². The van der Waals surface area contributed by atoms with E-state index >= 15 is 0 Å². The van der Waals surface area contributed by atoms with Gasteiger partial charge in [0.1, 0.15) is 0 Å². The van der Waals surface area contributed by atoms with Crippen molar-refractivity contribution in [2.45, 2.75) is 38.1 Å². The van der Waals surface area contributed by atoms with E-state index in [-0.39, 0.29) is 5.88 Å². The first-order valence-corrected chi connectivity index (χ1v) is 13.1. The Kier molecular flexibility index (Phi) is 7.72. The number of likely N-dealkylation sites (tertiary alicyclic amines) is 2. The Morgan fingerprint density at radius 1 is 1.06 bits per heavy atom. The molecule has 36 heavy (non-hydrogen) atoms. The molecule has 0 aliphatic carbocycles. The summed E-state index contributed by atoms with van der Waals surface area (Å²) in [5.41, 5.74) is 3.44. The number of anilines is 1. The van der Waals surface area contributed by atoms with Crippen molar-refractivity contribution in [3.05, 3.63) is 36.5 Å². The van der Waals surface area contributed by atoms with Crippen molar-refractivity contribution >= 4 is 16.6 Å². The summed E-state index contributed by atoms with van der Waals surface area (Å²) < 4.78 is 11.9. The molecule has 0 radical (unpaired) electrons. The smallest absolute Gasteiger partial charge is 0.211 e. The van der Waals surface area contributed by atoms with Crippen LogP contribution in [0, 0.1) is 0 Å². The van der Waals surface area contributed by atoms with Gasteiger partial charge < -0.3 is 29.7 Å². The number of rotatable bonds is 9. The van der Waals surface area contributed by atoms with Gasteiger partial charge in [-0.2, -0.15) is 0 Å². The van der Waals surface area contributed by atoms with E-state index in [0.29, 0.717) is 24.1 Å². The number of ether oxygens (including phenoxy) is 2. The molecule has 0 atom stereocenters. The van der Waals surface area contributed by atoms with E-state index in [1.54, 1.807) is 19.4 Å². The molecule has 0 bridgehead atoms. The van der Waals surface area contributed by atoms with E-state index in [4.69, 9.17) is 14.5 Å². The van der Waals surface area contributed by atoms with Crippen LogP contribution in [0.2, 0.25) is 0 Å². The molecule has 1 aromatic carbocycles. The first-order chi connectivity index (χ1) is 17.6. The molecule has 8 nitrogen and oxygen atoms in total. The molecular weight excluding hydrogens is 454 g/mol. The zero-order chi connectivity index (χ0) is 24.9. The van der Waals surface area contributed by atoms with E-state index in [1.165, 1.54) is 25.9 Å². The molecule has 0 unspecified atom stereocenters. The van der Waals surface area contributed by atoms with E-state index in [0.717, 1.165) is 66.7 Å². The number of hydrogen-bond acceptors (Lipinski definition) is 8. The third-order valence-corrected chi connectivity index (χ3v) is 7.29. The second-order valence-corrected chi connectivity index (χ2v) is 9.95. The van der Waals surface area contributed by atoms with Crippen LogP contribution in [0.1, 0.15) is 32.1 Å². The van der Waals surface area contributed by atoms with Gasteiger partial charge in [0.15, 0.2) is 11.5 Å². The van der Waals surface area contributed by atoms with Crippen molar-refractivity contribution in [3.8, 4) is 28.6 Å². The van der Waals surface area contributed by atoms with Gasteiger partial charge in [-0.3, -0.25) is 0 Å². The van der Waals surface area contributed by atoms with Crippen LogP contribution >= 0.6 is 0 Å². The van der Waals surface area contributed by atoms with Crippen molar-refractivity contribution in [3.63, 3.8) is 0 Å². The Morgan fingerprint density at radius 3 is 2.61 bits per heavy atom. The topological polar surface area (TPSA) is 83.0 Å². The van der Waals surface area contributed by atoms with Gasteiger partial charge in [-0.25, -0.2) is 9.97 Å². The number of aromatic hydroxyl groups is 1. The maximum Gasteiger partial charge on any atom is 0.211 e. The van der Waals surface area contributed by atoms with E-state index < -0.39 is 0 Å². The van der Waals surface area contributed by atoms with Gasteiger partial charge in [-0.05, 0) is 83.5 Å². The third-order valence-electron chi connectivity index (χ3n) is 7.29. The molecule has 2 aliphatic rings. The minimum Gasteiger partial charge on any atom is -0.493 e. The predicted molar refractivity (Wildman–Crippen MR) is 143 cm³/mol. The van der Waals surface area contributed by atoms with Crippen molar-refractivity contribution in [1.82, 2.24) is 19.8 Å². The standard InChI is InChI=1S/C28H37N5O3/c1-32-13-7-21(8-14-32)30-24-18-23(20-6-9-29-28(34)16-20)31-25-19-27(26(35-2)17-22(24)25)36-15-5-12-33-10-3-4-11-33/h6,9,16-19,21H,3-5,7-8,10-15H2,1-2H3,(H,29,34)(H,30,31). The van der Waals surface area contributed by atoms with Gasteiger partial charge >= 0.3 is 0 Å². The summed E-state index contributed by atoms with van der Waals surface area (Å²) in [6.45, 7) is 6.24. The maximum atomic E-state index is 9.96. The zero-order valence-corrected chi connectivity index (χ0v) is 21.4. The summed E-state index contributed by atoms with van der Waals surface area (Å²) in [7, 11) is 3.85. The molecule has 192 valence electrons. The Balaban J connectivity index is 1.45. The van der Waals surface area contributed by atoms with Crippen LogP contribution in [0.4, 0.5) is 5.69 Å². The molecule has 2 N–H and O–H groups in total. The first-order valence-electron chi connectivity index (χ1n) is 13.1. The second kappa shape index (κ2) is 11.3. The zero-order valence-electron chi connectivity index (χ0n) is 21.4. The molecule has 8 heteroatoms. The molecule has 3 aromatic rings. The van der Waals surface area contributed by atoms with Gasteiger partial charge in [0.25, 0.3) is 0 Å². The van der Waals surface area contributed by atoms with E-state index in [2.05, 4.69) is 33.2 Å². The number of benzene rings is 1. The highest BCUT2D eigenvalue weighted by Crippen LogP contribution is 2.38. The normalized spacial score (nSPS) is 17.5. The van der Waals surface area contributed by atoms with Crippen molar-refractivity contribution in [2.75, 3.05) is 58.8 Å². The number of nitrogens with one attached hydrogen (secondary N) is 1. The lowest BCUT2D eigenvalue weighted by Gasteiger charge is -2.30. The lowest BCUT2D eigenvalue weighted by molar-refractivity contribution is 0.254. The predicted octanol–water partition coefficient (Wildman–Crippen LogP) is 4.38. The molecule has 0 spiro atoms. The molecular formula is C28H37N5O3. The fourth-order valence-corrected chi connectivity index (χ4v) is 5.20. The Bertz CT molecular complexity index is 1170. The fourth-order valence-electron chi connectivity index (χ4n) is 5.20. The number of methoxy groups -OCH3 is 1. The largest absolute Gasteiger partial charge is 0.493 e. The SMILES string of the molecule is COc1cc2c(NC3CCN(C)CC3)cc(-c3ccnc(O)c3)nc2cc1OCCCN1CCCC1. The highest BCUT2D eigenvalue weighted by molar-refractivity contribution is 5.96. The Hall–Kier alpha value is -3.10. The molecule has 2 fully saturated rings. The van der Waals surface area contributed by atoms with Crippen LogP contribution in [0.3, 0.4) is 0 Å². The van der Waals surface area contributed by atoms with Gasteiger partial charge in [0.2, 0.25) is 5.88 Å². The number of aromatic nitrogens is 2. The summed E-state index contributed by atoms with van der Waals surface area (Å²) >= 11 is 0. The molecule has 5 rings (SSSR count). The highest BCUT2D eigenvalue weighted by atomic mass is 16.5. The summed E-state index contributed by atoms with van der Waals surface area (Å²) in [5, 5.41) is 14.7. The fraction of sp³-hybridized carbons (Fsp3) is 0.500.